The highest BCUT2D eigenvalue weighted by molar-refractivity contribution is 5.90. The van der Waals surface area contributed by atoms with Crippen LogP contribution in [0, 0.1) is 0 Å². The van der Waals surface area contributed by atoms with E-state index in [1.165, 1.54) is 0 Å². The monoisotopic (exact) mass is 322 g/mol. The summed E-state index contributed by atoms with van der Waals surface area (Å²) in [5.74, 6) is 0. The van der Waals surface area contributed by atoms with Crippen molar-refractivity contribution in [3.05, 3.63) is 77.9 Å². The maximum Gasteiger partial charge on any atom is 0.324 e. The maximum absolute atomic E-state index is 12.9. The molecule has 1 aliphatic heterocycles. The van der Waals surface area contributed by atoms with Crippen molar-refractivity contribution in [3.8, 4) is 0 Å². The molecule has 4 nitrogen and oxygen atoms in total. The maximum atomic E-state index is 12.9. The molecule has 0 aromatic heterocycles. The molecule has 2 aromatic rings. The van der Waals surface area contributed by atoms with Crippen LogP contribution in [-0.2, 0) is 4.74 Å². The first kappa shape index (κ1) is 16.3. The van der Waals surface area contributed by atoms with Crippen molar-refractivity contribution in [2.75, 3.05) is 11.9 Å². The molecule has 4 heteroatoms. The summed E-state index contributed by atoms with van der Waals surface area (Å²) >= 11 is 0. The van der Waals surface area contributed by atoms with Gasteiger partial charge in [0, 0.05) is 5.69 Å². The van der Waals surface area contributed by atoms with Crippen LogP contribution < -0.4 is 5.32 Å². The predicted molar refractivity (Wildman–Crippen MR) is 95.7 cm³/mol. The number of urea groups is 1. The van der Waals surface area contributed by atoms with E-state index in [9.17, 15) is 4.79 Å². The molecule has 0 bridgehead atoms. The van der Waals surface area contributed by atoms with Gasteiger partial charge in [-0.25, -0.2) is 4.79 Å². The van der Waals surface area contributed by atoms with Crippen molar-refractivity contribution in [1.29, 1.82) is 0 Å². The van der Waals surface area contributed by atoms with Crippen LogP contribution in [0.1, 0.15) is 25.5 Å². The number of hydrogen-bond donors (Lipinski definition) is 1. The molecule has 1 fully saturated rings. The van der Waals surface area contributed by atoms with Gasteiger partial charge in [0.15, 0.2) is 6.23 Å². The van der Waals surface area contributed by atoms with Crippen LogP contribution in [0.2, 0.25) is 0 Å². The minimum atomic E-state index is -0.344. The lowest BCUT2D eigenvalue weighted by Gasteiger charge is -2.29. The van der Waals surface area contributed by atoms with Gasteiger partial charge in [-0.15, -0.1) is 0 Å². The fourth-order valence-corrected chi connectivity index (χ4v) is 2.89. The Morgan fingerprint density at radius 3 is 2.38 bits per heavy atom. The van der Waals surface area contributed by atoms with E-state index in [4.69, 9.17) is 4.74 Å². The van der Waals surface area contributed by atoms with Crippen LogP contribution in [0.15, 0.2) is 72.3 Å². The van der Waals surface area contributed by atoms with E-state index < -0.39 is 0 Å². The second kappa shape index (κ2) is 7.32. The Labute approximate surface area is 142 Å². The molecule has 2 atom stereocenters. The van der Waals surface area contributed by atoms with Crippen molar-refractivity contribution in [2.45, 2.75) is 26.1 Å². The number of hydrogen-bond acceptors (Lipinski definition) is 2. The zero-order valence-corrected chi connectivity index (χ0v) is 14.0. The number of nitrogens with zero attached hydrogens (tertiary/aromatic N) is 1. The van der Waals surface area contributed by atoms with Gasteiger partial charge in [-0.05, 0) is 37.1 Å². The van der Waals surface area contributed by atoms with Gasteiger partial charge < -0.3 is 10.1 Å². The molecular weight excluding hydrogens is 300 g/mol. The summed E-state index contributed by atoms with van der Waals surface area (Å²) in [5.41, 5.74) is 2.88. The largest absolute Gasteiger partial charge is 0.352 e. The zero-order chi connectivity index (χ0) is 16.9. The van der Waals surface area contributed by atoms with Crippen molar-refractivity contribution >= 4 is 11.7 Å². The second-order valence-electron chi connectivity index (χ2n) is 5.85. The first-order valence-corrected chi connectivity index (χ1v) is 8.14. The fraction of sp³-hybridized carbons (Fsp3) is 0.250. The second-order valence-corrected chi connectivity index (χ2v) is 5.85. The fourth-order valence-electron chi connectivity index (χ4n) is 2.89. The van der Waals surface area contributed by atoms with E-state index in [0.29, 0.717) is 6.61 Å². The lowest BCUT2D eigenvalue weighted by Crippen LogP contribution is -2.41. The predicted octanol–water partition coefficient (Wildman–Crippen LogP) is 4.58. The third-order valence-electron chi connectivity index (χ3n) is 4.29. The number of carbonyl (C=O) groups excluding carboxylic acids is 1. The molecule has 1 heterocycles. The molecule has 3 rings (SSSR count). The first-order chi connectivity index (χ1) is 11.7. The van der Waals surface area contributed by atoms with E-state index in [2.05, 4.69) is 5.32 Å². The van der Waals surface area contributed by atoms with Crippen LogP contribution in [0.3, 0.4) is 0 Å². The Morgan fingerprint density at radius 2 is 1.75 bits per heavy atom. The summed E-state index contributed by atoms with van der Waals surface area (Å²) in [6, 6.07) is 19.2. The van der Waals surface area contributed by atoms with E-state index in [-0.39, 0.29) is 18.3 Å². The minimum absolute atomic E-state index is 0.102. The summed E-state index contributed by atoms with van der Waals surface area (Å²) < 4.78 is 5.94. The molecule has 2 amide bonds. The molecule has 1 saturated heterocycles. The van der Waals surface area contributed by atoms with E-state index >= 15 is 0 Å². The average Bonchev–Trinajstić information content (AvgIpc) is 3.08. The van der Waals surface area contributed by atoms with Crippen LogP contribution >= 0.6 is 0 Å². The molecular formula is C20H22N2O2. The molecule has 0 aliphatic carbocycles. The molecule has 0 radical (unpaired) electrons. The van der Waals surface area contributed by atoms with E-state index in [0.717, 1.165) is 16.8 Å². The number of carbonyl (C=O) groups is 1. The van der Waals surface area contributed by atoms with Crippen LogP contribution in [0.4, 0.5) is 10.5 Å². The summed E-state index contributed by atoms with van der Waals surface area (Å²) in [6.45, 7) is 4.44. The molecule has 0 saturated carbocycles. The molecule has 2 aromatic carbocycles. The molecule has 0 spiro atoms. The normalized spacial score (nSPS) is 20.9. The molecule has 1 N–H and O–H groups in total. The number of nitrogens with one attached hydrogen (secondary N) is 1. The lowest BCUT2D eigenvalue weighted by molar-refractivity contribution is 0.0801. The van der Waals surface area contributed by atoms with Gasteiger partial charge >= 0.3 is 6.03 Å². The van der Waals surface area contributed by atoms with Gasteiger partial charge in [0.25, 0.3) is 0 Å². The zero-order valence-electron chi connectivity index (χ0n) is 14.0. The van der Waals surface area contributed by atoms with Gasteiger partial charge in [-0.2, -0.15) is 0 Å². The third kappa shape index (κ3) is 3.34. The minimum Gasteiger partial charge on any atom is -0.352 e. The first-order valence-electron chi connectivity index (χ1n) is 8.14. The van der Waals surface area contributed by atoms with Crippen LogP contribution in [0.5, 0.6) is 0 Å². The van der Waals surface area contributed by atoms with E-state index in [1.807, 2.05) is 80.6 Å². The smallest absolute Gasteiger partial charge is 0.324 e. The standard InChI is InChI=1S/C20H22N2O2/c1-3-15(2)19-22(20(23)21-17-12-8-5-9-13-17)18(14-24-19)16-10-6-4-7-11-16/h3-13,18-19H,14H2,1-2H3,(H,21,23)/b15-3+/t18-,19+/m1/s1. The van der Waals surface area contributed by atoms with Gasteiger partial charge in [-0.1, -0.05) is 54.6 Å². The molecule has 0 unspecified atom stereocenters. The molecule has 24 heavy (non-hydrogen) atoms. The van der Waals surface area contributed by atoms with Crippen molar-refractivity contribution in [3.63, 3.8) is 0 Å². The summed E-state index contributed by atoms with van der Waals surface area (Å²) in [5, 5.41) is 2.97. The Balaban J connectivity index is 1.89. The Bertz CT molecular complexity index is 713. The number of benzene rings is 2. The van der Waals surface area contributed by atoms with Crippen molar-refractivity contribution in [1.82, 2.24) is 4.90 Å². The highest BCUT2D eigenvalue weighted by atomic mass is 16.5. The summed E-state index contributed by atoms with van der Waals surface area (Å²) in [6.07, 6.45) is 1.64. The molecule has 1 aliphatic rings. The lowest BCUT2D eigenvalue weighted by atomic mass is 10.1. The number of anilines is 1. The Morgan fingerprint density at radius 1 is 1.12 bits per heavy atom. The molecule has 124 valence electrons. The summed E-state index contributed by atoms with van der Waals surface area (Å²) in [7, 11) is 0. The Kier molecular flexibility index (Phi) is 4.96. The number of amides is 2. The van der Waals surface area contributed by atoms with Gasteiger partial charge in [0.2, 0.25) is 0 Å². The third-order valence-corrected chi connectivity index (χ3v) is 4.29. The number of ether oxygens (including phenoxy) is 1. The van der Waals surface area contributed by atoms with Crippen LogP contribution in [0.25, 0.3) is 0 Å². The average molecular weight is 322 g/mol. The number of rotatable bonds is 3. The van der Waals surface area contributed by atoms with Crippen molar-refractivity contribution < 1.29 is 9.53 Å². The van der Waals surface area contributed by atoms with Crippen LogP contribution in [-0.4, -0.2) is 23.8 Å². The number of allylic oxidation sites excluding steroid dienone is 1. The van der Waals surface area contributed by atoms with Gasteiger partial charge in [-0.3, -0.25) is 4.90 Å². The number of para-hydroxylation sites is 1. The van der Waals surface area contributed by atoms with Crippen molar-refractivity contribution in [2.24, 2.45) is 0 Å². The van der Waals surface area contributed by atoms with E-state index in [1.54, 1.807) is 4.90 Å². The Hall–Kier alpha value is -2.59. The topological polar surface area (TPSA) is 41.6 Å². The van der Waals surface area contributed by atoms with Gasteiger partial charge in [0.1, 0.15) is 0 Å². The highest BCUT2D eigenvalue weighted by Gasteiger charge is 2.39. The quantitative estimate of drug-likeness (QED) is 0.840. The van der Waals surface area contributed by atoms with Gasteiger partial charge in [0.05, 0.1) is 12.6 Å². The summed E-state index contributed by atoms with van der Waals surface area (Å²) in [4.78, 5) is 14.7. The highest BCUT2D eigenvalue weighted by Crippen LogP contribution is 2.33. The SMILES string of the molecule is C/C=C(\C)[C@@H]1OC[C@H](c2ccccc2)N1C(=O)Nc1ccccc1.